The van der Waals surface area contributed by atoms with Gasteiger partial charge in [-0.3, -0.25) is 4.79 Å². The average Bonchev–Trinajstić information content (AvgIpc) is 2.27. The number of hydrogen-bond donors (Lipinski definition) is 2. The molecule has 0 aromatic heterocycles. The van der Waals surface area contributed by atoms with Crippen molar-refractivity contribution in [3.63, 3.8) is 0 Å². The summed E-state index contributed by atoms with van der Waals surface area (Å²) in [6.07, 6.45) is -5.11. The van der Waals surface area contributed by atoms with Crippen molar-refractivity contribution in [2.45, 2.75) is 6.18 Å². The van der Waals surface area contributed by atoms with E-state index in [1.165, 1.54) is 18.5 Å². The molecule has 0 saturated heterocycles. The zero-order chi connectivity index (χ0) is 14.8. The maximum absolute atomic E-state index is 12.1. The first-order chi connectivity index (χ1) is 8.68. The molecule has 0 aliphatic heterocycles. The minimum Gasteiger partial charge on any atom is -0.496 e. The molecule has 0 aliphatic carbocycles. The third-order valence-electron chi connectivity index (χ3n) is 2.05. The lowest BCUT2D eigenvalue weighted by Gasteiger charge is -2.13. The summed E-state index contributed by atoms with van der Waals surface area (Å²) in [4.78, 5) is 21.8. The standard InChI is InChI=1S/C10H7BrF3NO4/c1-19-5-3-2-4(6(7(5)11)8(16)17)15-9(18)10(12,13)14/h2-3H,1H3,(H,15,18)(H,16,17). The largest absolute Gasteiger partial charge is 0.496 e. The highest BCUT2D eigenvalue weighted by Crippen LogP contribution is 2.34. The van der Waals surface area contributed by atoms with Crippen molar-refractivity contribution in [1.82, 2.24) is 0 Å². The van der Waals surface area contributed by atoms with E-state index in [1.807, 2.05) is 0 Å². The molecule has 0 bridgehead atoms. The molecule has 5 nitrogen and oxygen atoms in total. The fraction of sp³-hybridized carbons (Fsp3) is 0.200. The Morgan fingerprint density at radius 1 is 1.37 bits per heavy atom. The average molecular weight is 342 g/mol. The van der Waals surface area contributed by atoms with Crippen molar-refractivity contribution in [1.29, 1.82) is 0 Å². The van der Waals surface area contributed by atoms with Crippen molar-refractivity contribution in [2.24, 2.45) is 0 Å². The normalized spacial score (nSPS) is 11.0. The van der Waals surface area contributed by atoms with Gasteiger partial charge in [0.15, 0.2) is 0 Å². The minimum absolute atomic E-state index is 0.0672. The van der Waals surface area contributed by atoms with Gasteiger partial charge in [0.1, 0.15) is 11.3 Å². The van der Waals surface area contributed by atoms with Crippen LogP contribution in [-0.2, 0) is 4.79 Å². The number of carboxylic acid groups (broad SMARTS) is 1. The number of anilines is 1. The third-order valence-corrected chi connectivity index (χ3v) is 2.83. The van der Waals surface area contributed by atoms with Gasteiger partial charge in [-0.2, -0.15) is 13.2 Å². The highest BCUT2D eigenvalue weighted by Gasteiger charge is 2.39. The van der Waals surface area contributed by atoms with Crippen molar-refractivity contribution < 1.29 is 32.6 Å². The number of ether oxygens (including phenoxy) is 1. The smallest absolute Gasteiger partial charge is 0.471 e. The Bertz CT molecular complexity index is 530. The highest BCUT2D eigenvalue weighted by molar-refractivity contribution is 9.10. The Morgan fingerprint density at radius 3 is 2.37 bits per heavy atom. The lowest BCUT2D eigenvalue weighted by Crippen LogP contribution is -2.30. The molecule has 0 heterocycles. The maximum atomic E-state index is 12.1. The van der Waals surface area contributed by atoms with Crippen LogP contribution < -0.4 is 10.1 Å². The molecule has 1 rings (SSSR count). The highest BCUT2D eigenvalue weighted by atomic mass is 79.9. The van der Waals surface area contributed by atoms with Gasteiger partial charge in [0.05, 0.1) is 17.3 Å². The van der Waals surface area contributed by atoms with Gasteiger partial charge in [-0.05, 0) is 28.1 Å². The molecule has 0 radical (unpaired) electrons. The van der Waals surface area contributed by atoms with Gasteiger partial charge in [0, 0.05) is 0 Å². The summed E-state index contributed by atoms with van der Waals surface area (Å²) in [7, 11) is 1.26. The molecule has 0 atom stereocenters. The predicted molar refractivity (Wildman–Crippen MR) is 62.3 cm³/mol. The van der Waals surface area contributed by atoms with Crippen LogP contribution >= 0.6 is 15.9 Å². The Morgan fingerprint density at radius 2 is 1.95 bits per heavy atom. The number of halogens is 4. The van der Waals surface area contributed by atoms with Crippen LogP contribution in [0.1, 0.15) is 10.4 Å². The van der Waals surface area contributed by atoms with E-state index in [1.54, 1.807) is 0 Å². The van der Waals surface area contributed by atoms with Crippen LogP contribution in [0, 0.1) is 0 Å². The molecule has 0 unspecified atom stereocenters. The number of nitrogens with one attached hydrogen (secondary N) is 1. The van der Waals surface area contributed by atoms with Crippen LogP contribution in [-0.4, -0.2) is 30.3 Å². The first-order valence-electron chi connectivity index (χ1n) is 4.66. The number of amides is 1. The lowest BCUT2D eigenvalue weighted by molar-refractivity contribution is -0.167. The third kappa shape index (κ3) is 3.37. The van der Waals surface area contributed by atoms with E-state index in [2.05, 4.69) is 15.9 Å². The number of rotatable bonds is 3. The number of hydrogen-bond acceptors (Lipinski definition) is 3. The van der Waals surface area contributed by atoms with Crippen LogP contribution in [0.4, 0.5) is 18.9 Å². The van der Waals surface area contributed by atoms with Gasteiger partial charge in [-0.25, -0.2) is 4.79 Å². The van der Waals surface area contributed by atoms with E-state index < -0.39 is 29.3 Å². The molecule has 0 saturated carbocycles. The molecule has 1 aromatic rings. The molecule has 0 fully saturated rings. The number of carbonyl (C=O) groups is 2. The Balaban J connectivity index is 3.26. The first-order valence-corrected chi connectivity index (χ1v) is 5.45. The summed E-state index contributed by atoms with van der Waals surface area (Å²) >= 11 is 2.89. The maximum Gasteiger partial charge on any atom is 0.471 e. The SMILES string of the molecule is COc1ccc(NC(=O)C(F)(F)F)c(C(=O)O)c1Br. The quantitative estimate of drug-likeness (QED) is 0.886. The number of benzene rings is 1. The van der Waals surface area contributed by atoms with Gasteiger partial charge >= 0.3 is 18.1 Å². The van der Waals surface area contributed by atoms with Crippen molar-refractivity contribution in [2.75, 3.05) is 12.4 Å². The molecule has 2 N–H and O–H groups in total. The first kappa shape index (κ1) is 15.3. The van der Waals surface area contributed by atoms with E-state index in [-0.39, 0.29) is 10.2 Å². The van der Waals surface area contributed by atoms with Crippen LogP contribution in [0.5, 0.6) is 5.75 Å². The summed E-state index contributed by atoms with van der Waals surface area (Å²) in [5.74, 6) is -3.65. The molecule has 9 heteroatoms. The van der Waals surface area contributed by atoms with Gasteiger partial charge in [0.25, 0.3) is 0 Å². The van der Waals surface area contributed by atoms with E-state index in [0.29, 0.717) is 0 Å². The second-order valence-electron chi connectivity index (χ2n) is 3.26. The zero-order valence-electron chi connectivity index (χ0n) is 9.34. The van der Waals surface area contributed by atoms with Gasteiger partial charge in [-0.1, -0.05) is 0 Å². The zero-order valence-corrected chi connectivity index (χ0v) is 10.9. The summed E-state index contributed by atoms with van der Waals surface area (Å²) in [6.45, 7) is 0. The Hall–Kier alpha value is -1.77. The number of aromatic carboxylic acids is 1. The molecule has 1 aromatic carbocycles. The molecular weight excluding hydrogens is 335 g/mol. The Kier molecular flexibility index (Phi) is 4.40. The predicted octanol–water partition coefficient (Wildman–Crippen LogP) is 2.66. The number of methoxy groups -OCH3 is 1. The number of carboxylic acids is 1. The molecular formula is C10H7BrF3NO4. The fourth-order valence-electron chi connectivity index (χ4n) is 1.22. The monoisotopic (exact) mass is 341 g/mol. The van der Waals surface area contributed by atoms with Crippen molar-refractivity contribution in [3.05, 3.63) is 22.2 Å². The van der Waals surface area contributed by atoms with Crippen LogP contribution in [0.25, 0.3) is 0 Å². The molecule has 0 spiro atoms. The lowest BCUT2D eigenvalue weighted by atomic mass is 10.1. The summed E-state index contributed by atoms with van der Waals surface area (Å²) in [5.41, 5.74) is -1.01. The molecule has 0 aliphatic rings. The minimum atomic E-state index is -5.11. The number of alkyl halides is 3. The van der Waals surface area contributed by atoms with Gasteiger partial charge < -0.3 is 15.2 Å². The van der Waals surface area contributed by atoms with Gasteiger partial charge in [-0.15, -0.1) is 0 Å². The second kappa shape index (κ2) is 5.47. The Labute approximate surface area is 113 Å². The second-order valence-corrected chi connectivity index (χ2v) is 4.05. The van der Waals surface area contributed by atoms with E-state index in [9.17, 15) is 22.8 Å². The molecule has 1 amide bonds. The van der Waals surface area contributed by atoms with Crippen molar-refractivity contribution in [3.8, 4) is 5.75 Å². The van der Waals surface area contributed by atoms with Crippen LogP contribution in [0.15, 0.2) is 16.6 Å². The van der Waals surface area contributed by atoms with Crippen molar-refractivity contribution >= 4 is 33.5 Å². The topological polar surface area (TPSA) is 75.6 Å². The van der Waals surface area contributed by atoms with Crippen LogP contribution in [0.2, 0.25) is 0 Å². The van der Waals surface area contributed by atoms with E-state index >= 15 is 0 Å². The van der Waals surface area contributed by atoms with E-state index in [0.717, 1.165) is 6.07 Å². The summed E-state index contributed by atoms with van der Waals surface area (Å²) in [6, 6.07) is 2.24. The summed E-state index contributed by atoms with van der Waals surface area (Å²) < 4.78 is 41.1. The fourth-order valence-corrected chi connectivity index (χ4v) is 1.90. The number of carbonyl (C=O) groups excluding carboxylic acids is 1. The van der Waals surface area contributed by atoms with Crippen LogP contribution in [0.3, 0.4) is 0 Å². The van der Waals surface area contributed by atoms with Gasteiger partial charge in [0.2, 0.25) is 0 Å². The molecule has 104 valence electrons. The molecule has 19 heavy (non-hydrogen) atoms. The van der Waals surface area contributed by atoms with E-state index in [4.69, 9.17) is 9.84 Å². The summed E-state index contributed by atoms with van der Waals surface area (Å²) in [5, 5.41) is 10.5.